The maximum absolute atomic E-state index is 13.7. The fourth-order valence-corrected chi connectivity index (χ4v) is 1.79. The minimum Gasteiger partial charge on any atom is -0.438 e. The number of benzene rings is 1. The number of halogens is 1. The molecule has 0 spiro atoms. The number of rotatable bonds is 1. The summed E-state index contributed by atoms with van der Waals surface area (Å²) in [7, 11) is -1.77. The van der Waals surface area contributed by atoms with E-state index in [-0.39, 0.29) is 11.2 Å². The second kappa shape index (κ2) is 3.71. The van der Waals surface area contributed by atoms with E-state index in [4.69, 9.17) is 14.8 Å². The van der Waals surface area contributed by atoms with Crippen molar-refractivity contribution in [2.24, 2.45) is 0 Å². The van der Waals surface area contributed by atoms with E-state index >= 15 is 0 Å². The van der Waals surface area contributed by atoms with Crippen LogP contribution in [0.15, 0.2) is 12.1 Å². The van der Waals surface area contributed by atoms with E-state index in [1.807, 2.05) is 0 Å². The van der Waals surface area contributed by atoms with Gasteiger partial charge in [-0.3, -0.25) is 5.32 Å². The molecule has 1 aliphatic rings. The first-order valence-corrected chi connectivity index (χ1v) is 5.01. The van der Waals surface area contributed by atoms with Crippen LogP contribution >= 0.6 is 0 Å². The highest BCUT2D eigenvalue weighted by Crippen LogP contribution is 2.36. The molecule has 0 aliphatic carbocycles. The molecule has 0 unspecified atom stereocenters. The fraction of sp³-hybridized carbons (Fsp3) is 0.300. The van der Waals surface area contributed by atoms with E-state index in [2.05, 4.69) is 5.32 Å². The van der Waals surface area contributed by atoms with Crippen LogP contribution in [0.1, 0.15) is 19.4 Å². The quantitative estimate of drug-likeness (QED) is 0.616. The Morgan fingerprint density at radius 1 is 1.41 bits per heavy atom. The fourth-order valence-electron chi connectivity index (χ4n) is 1.79. The number of carbonyl (C=O) groups excluding carboxylic acids is 1. The third-order valence-electron chi connectivity index (χ3n) is 2.63. The molecule has 0 fully saturated rings. The zero-order valence-corrected chi connectivity index (χ0v) is 9.32. The van der Waals surface area contributed by atoms with Crippen molar-refractivity contribution in [3.05, 3.63) is 23.5 Å². The van der Waals surface area contributed by atoms with Crippen LogP contribution in [0.4, 0.5) is 14.9 Å². The van der Waals surface area contributed by atoms with Gasteiger partial charge in [0.1, 0.15) is 11.4 Å². The van der Waals surface area contributed by atoms with Crippen LogP contribution in [0.25, 0.3) is 0 Å². The number of nitrogens with one attached hydrogen (secondary N) is 1. The second-order valence-electron chi connectivity index (χ2n) is 4.32. The summed E-state index contributed by atoms with van der Waals surface area (Å²) in [4.78, 5) is 11.2. The van der Waals surface area contributed by atoms with Crippen molar-refractivity contribution < 1.29 is 24.0 Å². The smallest absolute Gasteiger partial charge is 0.438 e. The van der Waals surface area contributed by atoms with E-state index in [1.165, 1.54) is 6.07 Å². The van der Waals surface area contributed by atoms with Gasteiger partial charge in [0.25, 0.3) is 0 Å². The number of anilines is 1. The Kier molecular flexibility index (Phi) is 2.59. The monoisotopic (exact) mass is 239 g/mol. The Labute approximate surface area is 97.4 Å². The molecule has 1 heterocycles. The van der Waals surface area contributed by atoms with Gasteiger partial charge in [-0.15, -0.1) is 0 Å². The summed E-state index contributed by atoms with van der Waals surface area (Å²) >= 11 is 0. The Morgan fingerprint density at radius 3 is 2.65 bits per heavy atom. The van der Waals surface area contributed by atoms with Crippen LogP contribution in [0.3, 0.4) is 0 Å². The van der Waals surface area contributed by atoms with Crippen molar-refractivity contribution in [3.63, 3.8) is 0 Å². The second-order valence-corrected chi connectivity index (χ2v) is 4.32. The zero-order valence-electron chi connectivity index (χ0n) is 9.32. The molecule has 0 bridgehead atoms. The highest BCUT2D eigenvalue weighted by atomic mass is 19.1. The lowest BCUT2D eigenvalue weighted by atomic mass is 9.77. The SMILES string of the molecule is CC1(C)OC(=O)Nc2c(F)cc(B(O)O)cc21. The maximum atomic E-state index is 13.7. The maximum Gasteiger partial charge on any atom is 0.488 e. The topological polar surface area (TPSA) is 78.8 Å². The molecule has 1 aromatic rings. The van der Waals surface area contributed by atoms with Gasteiger partial charge in [0.05, 0.1) is 5.69 Å². The van der Waals surface area contributed by atoms with Crippen LogP contribution < -0.4 is 10.8 Å². The molecule has 0 aromatic heterocycles. The molecule has 90 valence electrons. The Balaban J connectivity index is 2.63. The summed E-state index contributed by atoms with van der Waals surface area (Å²) in [6.45, 7) is 3.19. The highest BCUT2D eigenvalue weighted by Gasteiger charge is 2.36. The third kappa shape index (κ3) is 1.99. The number of cyclic esters (lactones) is 1. The normalized spacial score (nSPS) is 16.9. The average molecular weight is 239 g/mol. The lowest BCUT2D eigenvalue weighted by molar-refractivity contribution is 0.0416. The van der Waals surface area contributed by atoms with Gasteiger partial charge in [-0.1, -0.05) is 6.07 Å². The molecule has 1 aliphatic heterocycles. The minimum absolute atomic E-state index is 0.00840. The molecule has 0 atom stereocenters. The van der Waals surface area contributed by atoms with Crippen molar-refractivity contribution in [1.29, 1.82) is 0 Å². The lowest BCUT2D eigenvalue weighted by Crippen LogP contribution is -2.39. The highest BCUT2D eigenvalue weighted by molar-refractivity contribution is 6.58. The van der Waals surface area contributed by atoms with Crippen molar-refractivity contribution in [2.45, 2.75) is 19.4 Å². The molecule has 0 radical (unpaired) electrons. The summed E-state index contributed by atoms with van der Waals surface area (Å²) in [5.74, 6) is -0.727. The molecule has 1 amide bonds. The Hall–Kier alpha value is -1.60. The number of fused-ring (bicyclic) bond motifs is 1. The van der Waals surface area contributed by atoms with Crippen LogP contribution in [-0.2, 0) is 10.3 Å². The van der Waals surface area contributed by atoms with Crippen molar-refractivity contribution in [3.8, 4) is 0 Å². The Bertz CT molecular complexity index is 489. The largest absolute Gasteiger partial charge is 0.488 e. The average Bonchev–Trinajstić information content (AvgIpc) is 2.17. The molecule has 1 aromatic carbocycles. The van der Waals surface area contributed by atoms with Crippen molar-refractivity contribution in [1.82, 2.24) is 0 Å². The van der Waals surface area contributed by atoms with Crippen molar-refractivity contribution in [2.75, 3.05) is 5.32 Å². The number of hydrogen-bond acceptors (Lipinski definition) is 4. The van der Waals surface area contributed by atoms with Gasteiger partial charge in [0, 0.05) is 5.56 Å². The molecule has 2 rings (SSSR count). The van der Waals surface area contributed by atoms with Gasteiger partial charge in [0.2, 0.25) is 0 Å². The molecule has 7 heteroatoms. The number of hydrogen-bond donors (Lipinski definition) is 3. The summed E-state index contributed by atoms with van der Waals surface area (Å²) in [6.07, 6.45) is -0.737. The number of amides is 1. The molecule has 3 N–H and O–H groups in total. The van der Waals surface area contributed by atoms with Crippen LogP contribution in [-0.4, -0.2) is 23.3 Å². The number of ether oxygens (including phenoxy) is 1. The van der Waals surface area contributed by atoms with Gasteiger partial charge in [-0.05, 0) is 25.4 Å². The van der Waals surface area contributed by atoms with Crippen LogP contribution in [0.2, 0.25) is 0 Å². The molecule has 5 nitrogen and oxygen atoms in total. The van der Waals surface area contributed by atoms with Crippen LogP contribution in [0, 0.1) is 5.82 Å². The van der Waals surface area contributed by atoms with Gasteiger partial charge < -0.3 is 14.8 Å². The first-order valence-electron chi connectivity index (χ1n) is 5.01. The minimum atomic E-state index is -1.77. The predicted molar refractivity (Wildman–Crippen MR) is 59.4 cm³/mol. The summed E-state index contributed by atoms with van der Waals surface area (Å²) in [6, 6.07) is 2.35. The standard InChI is InChI=1S/C10H11BFNO4/c1-10(2)6-3-5(11(15)16)4-7(12)8(6)13-9(14)17-10/h3-4,15-16H,1-2H3,(H,13,14). The molecule has 17 heavy (non-hydrogen) atoms. The van der Waals surface area contributed by atoms with Gasteiger partial charge in [-0.25, -0.2) is 9.18 Å². The summed E-state index contributed by atoms with van der Waals surface area (Å²) < 4.78 is 18.7. The first-order chi connectivity index (χ1) is 7.81. The lowest BCUT2D eigenvalue weighted by Gasteiger charge is -2.33. The van der Waals surface area contributed by atoms with Gasteiger partial charge in [0.15, 0.2) is 0 Å². The van der Waals surface area contributed by atoms with Crippen molar-refractivity contribution >= 4 is 24.4 Å². The molecule has 0 saturated carbocycles. The predicted octanol–water partition coefficient (Wildman–Crippen LogP) is 0.303. The zero-order chi connectivity index (χ0) is 12.8. The first kappa shape index (κ1) is 11.9. The van der Waals surface area contributed by atoms with Gasteiger partial charge >= 0.3 is 13.2 Å². The molecule has 0 saturated heterocycles. The summed E-state index contributed by atoms with van der Waals surface area (Å²) in [5, 5.41) is 20.3. The van der Waals surface area contributed by atoms with E-state index in [9.17, 15) is 9.18 Å². The van der Waals surface area contributed by atoms with Gasteiger partial charge in [-0.2, -0.15) is 0 Å². The Morgan fingerprint density at radius 2 is 2.06 bits per heavy atom. The molecular formula is C10H11BFNO4. The van der Waals surface area contributed by atoms with E-state index < -0.39 is 24.6 Å². The van der Waals surface area contributed by atoms with E-state index in [0.717, 1.165) is 6.07 Å². The summed E-state index contributed by atoms with van der Waals surface area (Å²) in [5.41, 5.74) is -0.645. The van der Waals surface area contributed by atoms with E-state index in [1.54, 1.807) is 13.8 Å². The molecular weight excluding hydrogens is 228 g/mol. The third-order valence-corrected chi connectivity index (χ3v) is 2.63. The van der Waals surface area contributed by atoms with Crippen LogP contribution in [0.5, 0.6) is 0 Å². The van der Waals surface area contributed by atoms with E-state index in [0.29, 0.717) is 5.56 Å². The number of carbonyl (C=O) groups is 1.